The fourth-order valence-corrected chi connectivity index (χ4v) is 5.08. The van der Waals surface area contributed by atoms with Crippen molar-refractivity contribution in [3.8, 4) is 5.75 Å². The Balaban J connectivity index is 1.20. The lowest BCUT2D eigenvalue weighted by atomic mass is 10.0. The van der Waals surface area contributed by atoms with Gasteiger partial charge in [0.05, 0.1) is 26.2 Å². The van der Waals surface area contributed by atoms with Gasteiger partial charge in [0.1, 0.15) is 45.0 Å². The number of rotatable bonds is 6. The highest BCUT2D eigenvalue weighted by atomic mass is 16.5. The van der Waals surface area contributed by atoms with E-state index in [1.807, 2.05) is 11.0 Å². The minimum Gasteiger partial charge on any atom is -0.497 e. The molecule has 0 bridgehead atoms. The molecule has 2 aromatic rings. The van der Waals surface area contributed by atoms with E-state index in [9.17, 15) is 0 Å². The average molecular weight is 383 g/mol. The lowest BCUT2D eigenvalue weighted by molar-refractivity contribution is -1.04. The van der Waals surface area contributed by atoms with Crippen LogP contribution in [0.4, 0.5) is 0 Å². The summed E-state index contributed by atoms with van der Waals surface area (Å²) in [5, 5.41) is 0. The van der Waals surface area contributed by atoms with Crippen molar-refractivity contribution < 1.29 is 19.4 Å². The Morgan fingerprint density at radius 1 is 0.750 bits per heavy atom. The lowest BCUT2D eigenvalue weighted by Crippen LogP contribution is -3.30. The Kier molecular flexibility index (Phi) is 6.63. The molecule has 28 heavy (non-hydrogen) atoms. The SMILES string of the molecule is COc1cccc(C[NH+]2CCC([NH+]3CC[NH+](Cc4ccccc4)CC3)CC2)c1. The van der Waals surface area contributed by atoms with E-state index >= 15 is 0 Å². The van der Waals surface area contributed by atoms with E-state index in [-0.39, 0.29) is 0 Å². The number of ether oxygens (including phenoxy) is 1. The molecule has 2 saturated heterocycles. The van der Waals surface area contributed by atoms with Crippen LogP contribution >= 0.6 is 0 Å². The lowest BCUT2D eigenvalue weighted by Gasteiger charge is -2.37. The van der Waals surface area contributed by atoms with Gasteiger partial charge in [0, 0.05) is 24.0 Å². The van der Waals surface area contributed by atoms with Gasteiger partial charge < -0.3 is 19.4 Å². The largest absolute Gasteiger partial charge is 0.497 e. The molecule has 4 rings (SSSR count). The van der Waals surface area contributed by atoms with Crippen LogP contribution in [0.15, 0.2) is 54.6 Å². The minimum absolute atomic E-state index is 0.882. The predicted octanol–water partition coefficient (Wildman–Crippen LogP) is -0.774. The summed E-state index contributed by atoms with van der Waals surface area (Å²) < 4.78 is 5.37. The van der Waals surface area contributed by atoms with E-state index in [4.69, 9.17) is 4.74 Å². The Bertz CT molecular complexity index is 720. The average Bonchev–Trinajstić information content (AvgIpc) is 2.76. The number of piperazine rings is 1. The molecule has 2 heterocycles. The topological polar surface area (TPSA) is 22.6 Å². The quantitative estimate of drug-likeness (QED) is 0.600. The summed E-state index contributed by atoms with van der Waals surface area (Å²) in [4.78, 5) is 5.37. The zero-order valence-electron chi connectivity index (χ0n) is 17.3. The van der Waals surface area contributed by atoms with Gasteiger partial charge in [-0.2, -0.15) is 0 Å². The van der Waals surface area contributed by atoms with Gasteiger partial charge in [-0.1, -0.05) is 42.5 Å². The highest BCUT2D eigenvalue weighted by molar-refractivity contribution is 5.27. The number of nitrogens with one attached hydrogen (secondary N) is 3. The third-order valence-electron chi connectivity index (χ3n) is 6.75. The van der Waals surface area contributed by atoms with Crippen LogP contribution in [0, 0.1) is 0 Å². The molecule has 0 atom stereocenters. The Morgan fingerprint density at radius 3 is 2.11 bits per heavy atom. The van der Waals surface area contributed by atoms with Crippen molar-refractivity contribution in [1.29, 1.82) is 0 Å². The predicted molar refractivity (Wildman–Crippen MR) is 112 cm³/mol. The number of likely N-dealkylation sites (tertiary alicyclic amines) is 1. The molecule has 0 radical (unpaired) electrons. The van der Waals surface area contributed by atoms with Crippen LogP contribution in [0.25, 0.3) is 0 Å². The minimum atomic E-state index is 0.882. The van der Waals surface area contributed by atoms with Gasteiger partial charge in [-0.25, -0.2) is 0 Å². The van der Waals surface area contributed by atoms with Crippen LogP contribution in [0.3, 0.4) is 0 Å². The van der Waals surface area contributed by atoms with Crippen LogP contribution in [0.5, 0.6) is 5.75 Å². The Hall–Kier alpha value is -1.88. The molecule has 2 fully saturated rings. The maximum absolute atomic E-state index is 5.37. The standard InChI is InChI=1S/C24H33N3O/c1-28-24-9-5-8-22(18-24)20-25-12-10-23(11-13-25)27-16-14-26(15-17-27)19-21-6-3-2-4-7-21/h2-9,18,23H,10-17,19-20H2,1H3/p+3. The fraction of sp³-hybridized carbons (Fsp3) is 0.500. The van der Waals surface area contributed by atoms with Crippen molar-refractivity contribution in [3.63, 3.8) is 0 Å². The fourth-order valence-electron chi connectivity index (χ4n) is 5.08. The molecule has 0 saturated carbocycles. The zero-order valence-corrected chi connectivity index (χ0v) is 17.3. The third-order valence-corrected chi connectivity index (χ3v) is 6.75. The Morgan fingerprint density at radius 2 is 1.39 bits per heavy atom. The summed E-state index contributed by atoms with van der Waals surface area (Å²) in [5.74, 6) is 0.979. The van der Waals surface area contributed by atoms with Crippen molar-refractivity contribution in [2.24, 2.45) is 0 Å². The van der Waals surface area contributed by atoms with E-state index in [1.54, 1.807) is 16.9 Å². The zero-order chi connectivity index (χ0) is 19.2. The van der Waals surface area contributed by atoms with Gasteiger partial charge in [-0.3, -0.25) is 0 Å². The number of methoxy groups -OCH3 is 1. The molecule has 2 aliphatic rings. The Labute approximate surface area is 169 Å². The molecule has 0 aliphatic carbocycles. The summed E-state index contributed by atoms with van der Waals surface area (Å²) in [6.07, 6.45) is 2.76. The van der Waals surface area contributed by atoms with Gasteiger partial charge in [0.2, 0.25) is 0 Å². The molecule has 0 unspecified atom stereocenters. The van der Waals surface area contributed by atoms with Gasteiger partial charge in [0.15, 0.2) is 0 Å². The van der Waals surface area contributed by atoms with Crippen LogP contribution in [0.2, 0.25) is 0 Å². The molecular weight excluding hydrogens is 346 g/mol. The third kappa shape index (κ3) is 5.13. The highest BCUT2D eigenvalue weighted by Crippen LogP contribution is 2.11. The summed E-state index contributed by atoms with van der Waals surface area (Å²) in [5.41, 5.74) is 2.88. The monoisotopic (exact) mass is 382 g/mol. The first kappa shape index (κ1) is 19.4. The van der Waals surface area contributed by atoms with E-state index in [0.717, 1.165) is 18.3 Å². The van der Waals surface area contributed by atoms with E-state index in [0.29, 0.717) is 0 Å². The van der Waals surface area contributed by atoms with Crippen LogP contribution in [-0.2, 0) is 13.1 Å². The van der Waals surface area contributed by atoms with Crippen LogP contribution in [0.1, 0.15) is 24.0 Å². The maximum Gasteiger partial charge on any atom is 0.127 e. The number of piperidine rings is 1. The molecule has 150 valence electrons. The van der Waals surface area contributed by atoms with Crippen molar-refractivity contribution in [3.05, 3.63) is 65.7 Å². The molecule has 4 nitrogen and oxygen atoms in total. The van der Waals surface area contributed by atoms with Crippen LogP contribution in [-0.4, -0.2) is 52.4 Å². The van der Waals surface area contributed by atoms with Gasteiger partial charge in [-0.15, -0.1) is 0 Å². The van der Waals surface area contributed by atoms with E-state index in [2.05, 4.69) is 48.5 Å². The van der Waals surface area contributed by atoms with Gasteiger partial charge in [-0.05, 0) is 12.1 Å². The maximum atomic E-state index is 5.37. The van der Waals surface area contributed by atoms with Crippen molar-refractivity contribution in [1.82, 2.24) is 0 Å². The summed E-state index contributed by atoms with van der Waals surface area (Å²) in [6.45, 7) is 10.3. The summed E-state index contributed by atoms with van der Waals surface area (Å²) in [6, 6.07) is 20.4. The molecule has 2 aliphatic heterocycles. The van der Waals surface area contributed by atoms with Gasteiger partial charge in [0.25, 0.3) is 0 Å². The smallest absolute Gasteiger partial charge is 0.127 e. The first-order valence-corrected chi connectivity index (χ1v) is 11.0. The second-order valence-electron chi connectivity index (χ2n) is 8.62. The van der Waals surface area contributed by atoms with Crippen molar-refractivity contribution >= 4 is 0 Å². The normalized spacial score (nSPS) is 28.0. The first-order chi connectivity index (χ1) is 13.8. The van der Waals surface area contributed by atoms with Crippen molar-refractivity contribution in [2.45, 2.75) is 32.0 Å². The molecule has 0 amide bonds. The first-order valence-electron chi connectivity index (χ1n) is 11.0. The van der Waals surface area contributed by atoms with E-state index in [1.165, 1.54) is 69.8 Å². The number of benzene rings is 2. The molecule has 0 spiro atoms. The number of hydrogen-bond acceptors (Lipinski definition) is 1. The van der Waals surface area contributed by atoms with Gasteiger partial charge >= 0.3 is 0 Å². The molecule has 3 N–H and O–H groups in total. The second-order valence-corrected chi connectivity index (χ2v) is 8.62. The summed E-state index contributed by atoms with van der Waals surface area (Å²) >= 11 is 0. The van der Waals surface area contributed by atoms with Crippen molar-refractivity contribution in [2.75, 3.05) is 46.4 Å². The number of hydrogen-bond donors (Lipinski definition) is 3. The highest BCUT2D eigenvalue weighted by Gasteiger charge is 2.33. The molecule has 4 heteroatoms. The van der Waals surface area contributed by atoms with E-state index < -0.39 is 0 Å². The second kappa shape index (κ2) is 9.55. The molecule has 2 aromatic carbocycles. The summed E-state index contributed by atoms with van der Waals surface area (Å²) in [7, 11) is 1.75. The van der Waals surface area contributed by atoms with Crippen LogP contribution < -0.4 is 19.4 Å². The molecular formula is C24H36N3O+3. The molecule has 0 aromatic heterocycles. The number of quaternary nitrogens is 3.